The molecule has 3 N–H and O–H groups in total. The molecule has 2 atom stereocenters. The first kappa shape index (κ1) is 44.6. The number of benzene rings is 3. The van der Waals surface area contributed by atoms with Crippen molar-refractivity contribution >= 4 is 28.9 Å². The minimum absolute atomic E-state index is 0.0432. The summed E-state index contributed by atoms with van der Waals surface area (Å²) in [6.45, 7) is 9.66. The summed E-state index contributed by atoms with van der Waals surface area (Å²) in [4.78, 5) is 60.9. The molecule has 1 aromatic heterocycles. The predicted octanol–water partition coefficient (Wildman–Crippen LogP) is 7.09. The van der Waals surface area contributed by atoms with E-state index in [0.717, 1.165) is 57.3 Å². The van der Waals surface area contributed by atoms with E-state index in [4.69, 9.17) is 14.2 Å². The van der Waals surface area contributed by atoms with E-state index in [2.05, 4.69) is 9.88 Å². The highest BCUT2D eigenvalue weighted by Crippen LogP contribution is 2.40. The van der Waals surface area contributed by atoms with Crippen molar-refractivity contribution in [2.24, 2.45) is 5.92 Å². The number of nitrogens with one attached hydrogen (secondary N) is 1. The van der Waals surface area contributed by atoms with Crippen molar-refractivity contribution in [1.82, 2.24) is 19.7 Å². The van der Waals surface area contributed by atoms with Crippen LogP contribution in [0.1, 0.15) is 99.7 Å². The van der Waals surface area contributed by atoms with Gasteiger partial charge in [-0.25, -0.2) is 9.18 Å². The number of fused-ring (bicyclic) bond motifs is 4. The summed E-state index contributed by atoms with van der Waals surface area (Å²) < 4.78 is 31.8. The number of nitrogens with zero attached hydrogens (tertiary/aromatic N) is 3. The number of unbranched alkanes of at least 4 members (excludes halogenated alkanes) is 3. The van der Waals surface area contributed by atoms with Gasteiger partial charge in [-0.2, -0.15) is 0 Å². The topological polar surface area (TPSA) is 162 Å². The number of H-pyrrole nitrogens is 1. The zero-order chi connectivity index (χ0) is 44.0. The van der Waals surface area contributed by atoms with Crippen LogP contribution in [0.25, 0.3) is 10.9 Å². The zero-order valence-electron chi connectivity index (χ0n) is 35.9. The molecular formula is C48H59FN4O9. The third-order valence-corrected chi connectivity index (χ3v) is 12.5. The van der Waals surface area contributed by atoms with E-state index in [9.17, 15) is 33.8 Å². The van der Waals surface area contributed by atoms with Gasteiger partial charge in [0.15, 0.2) is 0 Å². The van der Waals surface area contributed by atoms with Crippen LogP contribution in [0.4, 0.5) is 9.18 Å². The Morgan fingerprint density at radius 1 is 0.903 bits per heavy atom. The van der Waals surface area contributed by atoms with Gasteiger partial charge in [0.25, 0.3) is 5.91 Å². The van der Waals surface area contributed by atoms with Crippen molar-refractivity contribution in [2.45, 2.75) is 95.4 Å². The molecule has 4 fully saturated rings. The van der Waals surface area contributed by atoms with Crippen molar-refractivity contribution in [2.75, 3.05) is 52.4 Å². The fraction of sp³-hybridized carbons (Fsp3) is 0.500. The Bertz CT molecular complexity index is 2240. The van der Waals surface area contributed by atoms with Crippen LogP contribution in [0.15, 0.2) is 77.6 Å². The number of amides is 2. The molecular weight excluding hydrogens is 796 g/mol. The fourth-order valence-corrected chi connectivity index (χ4v) is 9.03. The second-order valence-corrected chi connectivity index (χ2v) is 18.0. The van der Waals surface area contributed by atoms with Crippen molar-refractivity contribution in [3.63, 3.8) is 0 Å². The number of ether oxygens (including phenoxy) is 3. The van der Waals surface area contributed by atoms with Gasteiger partial charge in [0.2, 0.25) is 5.56 Å². The highest BCUT2D eigenvalue weighted by molar-refractivity contribution is 5.95. The molecule has 332 valence electrons. The van der Waals surface area contributed by atoms with Crippen molar-refractivity contribution in [3.05, 3.63) is 106 Å². The van der Waals surface area contributed by atoms with E-state index in [0.29, 0.717) is 73.7 Å². The summed E-state index contributed by atoms with van der Waals surface area (Å²) in [5.41, 5.74) is -0.144. The van der Waals surface area contributed by atoms with Gasteiger partial charge in [-0.05, 0) is 138 Å². The molecule has 4 aliphatic rings. The number of hydrogen-bond acceptors (Lipinski definition) is 10. The number of pyridine rings is 1. The summed E-state index contributed by atoms with van der Waals surface area (Å²) in [5.74, 6) is 0.110. The number of aromatic amines is 1. The second kappa shape index (κ2) is 19.3. The number of aromatic nitrogens is 1. The third kappa shape index (κ3) is 10.6. The summed E-state index contributed by atoms with van der Waals surface area (Å²) in [7, 11) is 0. The van der Waals surface area contributed by atoms with Crippen molar-refractivity contribution in [3.8, 4) is 11.5 Å². The second-order valence-electron chi connectivity index (χ2n) is 18.0. The Labute approximate surface area is 361 Å². The molecule has 0 saturated carbocycles. The van der Waals surface area contributed by atoms with Gasteiger partial charge in [0.1, 0.15) is 29.0 Å². The molecule has 0 radical (unpaired) electrons. The molecule has 5 heterocycles. The Morgan fingerprint density at radius 2 is 1.60 bits per heavy atom. The Morgan fingerprint density at radius 3 is 2.26 bits per heavy atom. The lowest BCUT2D eigenvalue weighted by Crippen LogP contribution is -2.55. The van der Waals surface area contributed by atoms with Gasteiger partial charge in [-0.15, -0.1) is 0 Å². The van der Waals surface area contributed by atoms with Gasteiger partial charge < -0.3 is 39.2 Å². The molecule has 62 heavy (non-hydrogen) atoms. The maximum absolute atomic E-state index is 14.0. The van der Waals surface area contributed by atoms with E-state index in [1.807, 2.05) is 0 Å². The number of carbonyl (C=O) groups is 3. The average molecular weight is 855 g/mol. The lowest BCUT2D eigenvalue weighted by Gasteiger charge is -2.46. The van der Waals surface area contributed by atoms with E-state index in [1.165, 1.54) is 35.2 Å². The number of esters is 1. The first-order chi connectivity index (χ1) is 29.7. The molecule has 2 unspecified atom stereocenters. The highest BCUT2D eigenvalue weighted by atomic mass is 19.1. The Kier molecular flexibility index (Phi) is 13.9. The van der Waals surface area contributed by atoms with Crippen LogP contribution >= 0.6 is 0 Å². The monoisotopic (exact) mass is 854 g/mol. The number of aromatic hydroxyl groups is 1. The molecule has 8 rings (SSSR count). The molecule has 2 amide bonds. The third-order valence-electron chi connectivity index (χ3n) is 12.5. The number of halogens is 1. The first-order valence-corrected chi connectivity index (χ1v) is 21.9. The van der Waals surface area contributed by atoms with Gasteiger partial charge >= 0.3 is 12.1 Å². The first-order valence-electron chi connectivity index (χ1n) is 21.9. The summed E-state index contributed by atoms with van der Waals surface area (Å²) >= 11 is 0. The maximum Gasteiger partial charge on any atom is 0.410 e. The lowest BCUT2D eigenvalue weighted by molar-refractivity contribution is -0.167. The van der Waals surface area contributed by atoms with Crippen LogP contribution in [0.2, 0.25) is 0 Å². The number of phenols is 1. The van der Waals surface area contributed by atoms with Gasteiger partial charge in [0, 0.05) is 43.2 Å². The van der Waals surface area contributed by atoms with Crippen LogP contribution in [0.3, 0.4) is 0 Å². The van der Waals surface area contributed by atoms with E-state index in [1.54, 1.807) is 68.1 Å². The number of hydrogen-bond donors (Lipinski definition) is 3. The number of aliphatic hydroxyl groups is 1. The molecule has 0 spiro atoms. The fourth-order valence-electron chi connectivity index (χ4n) is 9.03. The number of aliphatic hydroxyl groups excluding tert-OH is 1. The Balaban J connectivity index is 0.870. The minimum atomic E-state index is -1.10. The zero-order valence-corrected chi connectivity index (χ0v) is 35.9. The van der Waals surface area contributed by atoms with Crippen LogP contribution in [-0.2, 0) is 19.7 Å². The molecule has 4 saturated heterocycles. The van der Waals surface area contributed by atoms with Gasteiger partial charge in [0.05, 0.1) is 30.2 Å². The van der Waals surface area contributed by atoms with Crippen LogP contribution in [-0.4, -0.2) is 112 Å². The van der Waals surface area contributed by atoms with Gasteiger partial charge in [-0.3, -0.25) is 19.3 Å². The van der Waals surface area contributed by atoms with E-state index < -0.39 is 23.2 Å². The normalized spacial score (nSPS) is 20.1. The van der Waals surface area contributed by atoms with E-state index >= 15 is 0 Å². The van der Waals surface area contributed by atoms with Gasteiger partial charge in [-0.1, -0.05) is 31.0 Å². The molecule has 13 nitrogen and oxygen atoms in total. The van der Waals surface area contributed by atoms with E-state index in [-0.39, 0.29) is 47.2 Å². The summed E-state index contributed by atoms with van der Waals surface area (Å²) in [6, 6.07) is 19.0. The maximum atomic E-state index is 14.0. The van der Waals surface area contributed by atoms with Crippen molar-refractivity contribution < 1.29 is 43.2 Å². The molecule has 0 aliphatic carbocycles. The number of rotatable bonds is 15. The largest absolute Gasteiger partial charge is 0.506 e. The number of piperidine rings is 4. The SMILES string of the molecule is CC(C)(C)OC(=O)N(CCCCCCOc1ccc(C(=O)N2CCC(C(=O)OC3CN4CCC3CC4)(c3ccc(F)cc3)CC2)cc1)CC(O)c1ccc(O)c2[nH]c(=O)ccc12. The number of phenolic OH excluding ortho intramolecular Hbond substituents is 1. The molecule has 3 aromatic carbocycles. The molecule has 14 heteroatoms. The minimum Gasteiger partial charge on any atom is -0.506 e. The highest BCUT2D eigenvalue weighted by Gasteiger charge is 2.47. The summed E-state index contributed by atoms with van der Waals surface area (Å²) in [5, 5.41) is 22.0. The van der Waals surface area contributed by atoms with Crippen LogP contribution in [0, 0.1) is 11.7 Å². The Hall–Kier alpha value is -5.47. The van der Waals surface area contributed by atoms with Crippen molar-refractivity contribution in [1.29, 1.82) is 0 Å². The lowest BCUT2D eigenvalue weighted by atomic mass is 9.72. The van der Waals surface area contributed by atoms with Crippen LogP contribution in [0.5, 0.6) is 11.5 Å². The summed E-state index contributed by atoms with van der Waals surface area (Å²) in [6.07, 6.45) is 4.07. The number of likely N-dealkylation sites (tertiary alicyclic amines) is 1. The van der Waals surface area contributed by atoms with Crippen LogP contribution < -0.4 is 10.3 Å². The average Bonchev–Trinajstić information content (AvgIpc) is 3.26. The molecule has 2 bridgehead atoms. The molecule has 4 aliphatic heterocycles. The predicted molar refractivity (Wildman–Crippen MR) is 232 cm³/mol. The smallest absolute Gasteiger partial charge is 0.410 e. The molecule has 4 aromatic rings. The standard InChI is InChI=1S/C48H59FN4O9/c1-47(2,3)62-46(59)53(30-40(55)37-16-18-39(54)43-38(37)17-19-42(56)50-43)24-6-4-5-7-29-60-36-14-8-33(9-15-36)44(57)52-27-22-48(23-28-52,34-10-12-35(49)13-11-34)45(58)61-41-31-51-25-20-32(41)21-26-51/h8-19,32,40-41,54-55H,4-7,20-31H2,1-3H3,(H,50,56). The quantitative estimate of drug-likeness (QED) is 0.0832. The number of carbonyl (C=O) groups excluding carboxylic acids is 3.